The van der Waals surface area contributed by atoms with E-state index in [-0.39, 0.29) is 5.56 Å². The van der Waals surface area contributed by atoms with Crippen molar-refractivity contribution >= 4 is 0 Å². The van der Waals surface area contributed by atoms with Gasteiger partial charge in [-0.15, -0.1) is 0 Å². The van der Waals surface area contributed by atoms with Crippen LogP contribution in [0.5, 0.6) is 0 Å². The summed E-state index contributed by atoms with van der Waals surface area (Å²) in [6.45, 7) is 7.09. The van der Waals surface area contributed by atoms with Gasteiger partial charge in [0.2, 0.25) is 0 Å². The number of hydrogen-bond acceptors (Lipinski definition) is 2. The fourth-order valence-electron chi connectivity index (χ4n) is 1.64. The summed E-state index contributed by atoms with van der Waals surface area (Å²) in [7, 11) is 0. The Morgan fingerprint density at radius 2 is 2.00 bits per heavy atom. The molecule has 19 heavy (non-hydrogen) atoms. The number of hydrogen-bond donors (Lipinski definition) is 1. The highest BCUT2D eigenvalue weighted by Gasteiger charge is 2.06. The molecule has 0 unspecified atom stereocenters. The van der Waals surface area contributed by atoms with Gasteiger partial charge in [-0.1, -0.05) is 32.0 Å². The predicted octanol–water partition coefficient (Wildman–Crippen LogP) is 3.78. The van der Waals surface area contributed by atoms with Crippen LogP contribution < -0.4 is 5.32 Å². The van der Waals surface area contributed by atoms with Gasteiger partial charge < -0.3 is 10.1 Å². The van der Waals surface area contributed by atoms with Crippen LogP contribution in [0.2, 0.25) is 0 Å². The van der Waals surface area contributed by atoms with Crippen molar-refractivity contribution in [1.29, 1.82) is 0 Å². The highest BCUT2D eigenvalue weighted by Crippen LogP contribution is 2.19. The Bertz CT molecular complexity index is 356. The van der Waals surface area contributed by atoms with E-state index in [1.807, 2.05) is 6.07 Å². The molecule has 0 heterocycles. The molecule has 0 spiro atoms. The number of rotatable bonds is 9. The minimum Gasteiger partial charge on any atom is -0.380 e. The zero-order valence-electron chi connectivity index (χ0n) is 11.7. The van der Waals surface area contributed by atoms with E-state index < -0.39 is 6.43 Å². The molecule has 1 aromatic carbocycles. The molecule has 1 aromatic rings. The molecule has 0 atom stereocenters. The van der Waals surface area contributed by atoms with Crippen LogP contribution in [0.15, 0.2) is 24.3 Å². The smallest absolute Gasteiger partial charge is 0.263 e. The number of ether oxygens (including phenoxy) is 1. The van der Waals surface area contributed by atoms with Crippen molar-refractivity contribution in [2.75, 3.05) is 19.8 Å². The fourth-order valence-corrected chi connectivity index (χ4v) is 1.64. The number of alkyl halides is 2. The first-order valence-corrected chi connectivity index (χ1v) is 6.75. The van der Waals surface area contributed by atoms with Crippen molar-refractivity contribution in [3.8, 4) is 0 Å². The lowest BCUT2D eigenvalue weighted by molar-refractivity contribution is 0.125. The van der Waals surface area contributed by atoms with Crippen LogP contribution in [0.4, 0.5) is 8.78 Å². The summed E-state index contributed by atoms with van der Waals surface area (Å²) in [6, 6.07) is 6.50. The fraction of sp³-hybridized carbons (Fsp3) is 0.600. The summed E-state index contributed by atoms with van der Waals surface area (Å²) in [5.41, 5.74) is 0.951. The van der Waals surface area contributed by atoms with Gasteiger partial charge in [0.1, 0.15) is 0 Å². The van der Waals surface area contributed by atoms with Crippen LogP contribution in [0.25, 0.3) is 0 Å². The van der Waals surface area contributed by atoms with Crippen molar-refractivity contribution in [3.63, 3.8) is 0 Å². The summed E-state index contributed by atoms with van der Waals surface area (Å²) in [4.78, 5) is 0. The van der Waals surface area contributed by atoms with Gasteiger partial charge in [0, 0.05) is 25.3 Å². The van der Waals surface area contributed by atoms with Crippen LogP contribution >= 0.6 is 0 Å². The lowest BCUT2D eigenvalue weighted by Crippen LogP contribution is -2.19. The van der Waals surface area contributed by atoms with E-state index in [2.05, 4.69) is 19.2 Å². The van der Waals surface area contributed by atoms with E-state index in [0.29, 0.717) is 19.1 Å². The van der Waals surface area contributed by atoms with E-state index >= 15 is 0 Å². The third kappa shape index (κ3) is 7.23. The summed E-state index contributed by atoms with van der Waals surface area (Å²) in [5, 5.41) is 3.19. The maximum absolute atomic E-state index is 12.5. The first-order chi connectivity index (χ1) is 9.09. The molecule has 0 saturated carbocycles. The highest BCUT2D eigenvalue weighted by atomic mass is 19.3. The van der Waals surface area contributed by atoms with Gasteiger partial charge in [-0.3, -0.25) is 0 Å². The standard InChI is InChI=1S/C15H23F2NO/c1-12(2)6-8-19-9-7-18-11-13-4-3-5-14(10-13)15(16)17/h3-5,10,12,15,18H,6-9,11H2,1-2H3. The third-order valence-corrected chi connectivity index (χ3v) is 2.79. The topological polar surface area (TPSA) is 21.3 Å². The first-order valence-electron chi connectivity index (χ1n) is 6.75. The van der Waals surface area contributed by atoms with E-state index in [4.69, 9.17) is 4.74 Å². The maximum Gasteiger partial charge on any atom is 0.263 e. The monoisotopic (exact) mass is 271 g/mol. The summed E-state index contributed by atoms with van der Waals surface area (Å²) >= 11 is 0. The minimum absolute atomic E-state index is 0.0764. The van der Waals surface area contributed by atoms with Crippen LogP contribution in [-0.2, 0) is 11.3 Å². The Balaban J connectivity index is 2.14. The molecule has 0 aliphatic heterocycles. The number of halogens is 2. The van der Waals surface area contributed by atoms with E-state index in [9.17, 15) is 8.78 Å². The predicted molar refractivity (Wildman–Crippen MR) is 73.4 cm³/mol. The second kappa shape index (κ2) is 8.99. The molecule has 4 heteroatoms. The van der Waals surface area contributed by atoms with Crippen molar-refractivity contribution < 1.29 is 13.5 Å². The Kier molecular flexibility index (Phi) is 7.60. The number of nitrogens with one attached hydrogen (secondary N) is 1. The molecule has 0 fully saturated rings. The Morgan fingerprint density at radius 3 is 2.68 bits per heavy atom. The van der Waals surface area contributed by atoms with Crippen molar-refractivity contribution in [3.05, 3.63) is 35.4 Å². The molecular formula is C15H23F2NO. The summed E-state index contributed by atoms with van der Waals surface area (Å²) < 4.78 is 30.5. The van der Waals surface area contributed by atoms with Gasteiger partial charge in [-0.05, 0) is 24.0 Å². The summed E-state index contributed by atoms with van der Waals surface area (Å²) in [5.74, 6) is 0.657. The second-order valence-corrected chi connectivity index (χ2v) is 5.02. The van der Waals surface area contributed by atoms with Gasteiger partial charge in [0.05, 0.1) is 6.61 Å². The quantitative estimate of drug-likeness (QED) is 0.690. The van der Waals surface area contributed by atoms with Crippen LogP contribution in [0.1, 0.15) is 37.8 Å². The molecule has 2 nitrogen and oxygen atoms in total. The van der Waals surface area contributed by atoms with Gasteiger partial charge in [0.25, 0.3) is 6.43 Å². The van der Waals surface area contributed by atoms with E-state index in [1.54, 1.807) is 6.07 Å². The van der Waals surface area contributed by atoms with Crippen molar-refractivity contribution in [2.45, 2.75) is 33.2 Å². The van der Waals surface area contributed by atoms with Gasteiger partial charge in [-0.25, -0.2) is 8.78 Å². The molecule has 0 aliphatic carbocycles. The van der Waals surface area contributed by atoms with Gasteiger partial charge in [-0.2, -0.15) is 0 Å². The van der Waals surface area contributed by atoms with Gasteiger partial charge in [0.15, 0.2) is 0 Å². The van der Waals surface area contributed by atoms with E-state index in [1.165, 1.54) is 12.1 Å². The Labute approximate surface area is 114 Å². The largest absolute Gasteiger partial charge is 0.380 e. The Hall–Kier alpha value is -1.00. The molecule has 0 aromatic heterocycles. The molecule has 0 aliphatic rings. The molecule has 0 saturated heterocycles. The average Bonchev–Trinajstić information content (AvgIpc) is 2.37. The Morgan fingerprint density at radius 1 is 1.21 bits per heavy atom. The van der Waals surface area contributed by atoms with Crippen LogP contribution in [0.3, 0.4) is 0 Å². The van der Waals surface area contributed by atoms with Crippen molar-refractivity contribution in [2.24, 2.45) is 5.92 Å². The van der Waals surface area contributed by atoms with E-state index in [0.717, 1.165) is 25.1 Å². The third-order valence-electron chi connectivity index (χ3n) is 2.79. The molecule has 0 amide bonds. The lowest BCUT2D eigenvalue weighted by Gasteiger charge is -2.08. The first kappa shape index (κ1) is 16.1. The normalized spacial score (nSPS) is 11.5. The summed E-state index contributed by atoms with van der Waals surface area (Å²) in [6.07, 6.45) is -1.34. The molecular weight excluding hydrogens is 248 g/mol. The lowest BCUT2D eigenvalue weighted by atomic mass is 10.1. The highest BCUT2D eigenvalue weighted by molar-refractivity contribution is 5.24. The molecule has 0 bridgehead atoms. The molecule has 108 valence electrons. The van der Waals surface area contributed by atoms with Crippen LogP contribution in [0, 0.1) is 5.92 Å². The minimum atomic E-state index is -2.40. The van der Waals surface area contributed by atoms with Gasteiger partial charge >= 0.3 is 0 Å². The molecule has 1 rings (SSSR count). The second-order valence-electron chi connectivity index (χ2n) is 5.02. The molecule has 0 radical (unpaired) electrons. The van der Waals surface area contributed by atoms with Crippen molar-refractivity contribution in [1.82, 2.24) is 5.32 Å². The van der Waals surface area contributed by atoms with Crippen LogP contribution in [-0.4, -0.2) is 19.8 Å². The molecule has 1 N–H and O–H groups in total. The zero-order chi connectivity index (χ0) is 14.1. The average molecular weight is 271 g/mol. The SMILES string of the molecule is CC(C)CCOCCNCc1cccc(C(F)F)c1. The number of benzene rings is 1. The maximum atomic E-state index is 12.5. The zero-order valence-corrected chi connectivity index (χ0v) is 11.7.